The van der Waals surface area contributed by atoms with Crippen LogP contribution in [0.4, 0.5) is 5.82 Å². The first-order valence-corrected chi connectivity index (χ1v) is 5.19. The van der Waals surface area contributed by atoms with Crippen molar-refractivity contribution in [1.29, 1.82) is 0 Å². The highest BCUT2D eigenvalue weighted by molar-refractivity contribution is 6.29. The summed E-state index contributed by atoms with van der Waals surface area (Å²) in [7, 11) is 0. The molecular weight excluding hydrogens is 235 g/mol. The molecule has 1 saturated carbocycles. The second-order valence-corrected chi connectivity index (χ2v) is 4.28. The SMILES string of the molecule is Cl.Clc1ccc(N[C@@H]2[C@@H]3CNC[C@@H]32)nn1. The Balaban J connectivity index is 0.000000853. The van der Waals surface area contributed by atoms with E-state index in [9.17, 15) is 0 Å². The summed E-state index contributed by atoms with van der Waals surface area (Å²) >= 11 is 5.65. The average molecular weight is 247 g/mol. The smallest absolute Gasteiger partial charge is 0.151 e. The Morgan fingerprint density at radius 1 is 1.27 bits per heavy atom. The van der Waals surface area contributed by atoms with E-state index in [-0.39, 0.29) is 12.4 Å². The molecule has 0 spiro atoms. The minimum absolute atomic E-state index is 0. The lowest BCUT2D eigenvalue weighted by molar-refractivity contribution is 0.694. The minimum atomic E-state index is 0. The van der Waals surface area contributed by atoms with Crippen LogP contribution >= 0.6 is 24.0 Å². The van der Waals surface area contributed by atoms with Gasteiger partial charge in [-0.05, 0) is 24.0 Å². The van der Waals surface area contributed by atoms with Crippen LogP contribution in [0.3, 0.4) is 0 Å². The maximum atomic E-state index is 5.65. The summed E-state index contributed by atoms with van der Waals surface area (Å²) in [5.74, 6) is 2.40. The molecule has 0 bridgehead atoms. The molecule has 1 aliphatic carbocycles. The number of hydrogen-bond donors (Lipinski definition) is 2. The molecular formula is C9H12Cl2N4. The van der Waals surface area contributed by atoms with Crippen LogP contribution in [-0.2, 0) is 0 Å². The summed E-state index contributed by atoms with van der Waals surface area (Å²) in [6.07, 6.45) is 0. The number of hydrogen-bond acceptors (Lipinski definition) is 4. The molecule has 2 heterocycles. The first-order chi connectivity index (χ1) is 6.84. The zero-order valence-electron chi connectivity index (χ0n) is 7.98. The number of aromatic nitrogens is 2. The molecule has 2 aliphatic rings. The highest BCUT2D eigenvalue weighted by atomic mass is 35.5. The highest BCUT2D eigenvalue weighted by Crippen LogP contribution is 2.43. The second-order valence-electron chi connectivity index (χ2n) is 3.90. The average Bonchev–Trinajstić information content (AvgIpc) is 2.63. The lowest BCUT2D eigenvalue weighted by Gasteiger charge is -2.06. The second kappa shape index (κ2) is 4.12. The molecule has 0 amide bonds. The van der Waals surface area contributed by atoms with Gasteiger partial charge in [0.2, 0.25) is 0 Å². The number of fused-ring (bicyclic) bond motifs is 1. The molecule has 1 aromatic heterocycles. The van der Waals surface area contributed by atoms with E-state index in [4.69, 9.17) is 11.6 Å². The molecule has 4 nitrogen and oxygen atoms in total. The summed E-state index contributed by atoms with van der Waals surface area (Å²) < 4.78 is 0. The molecule has 1 aliphatic heterocycles. The number of nitrogens with zero attached hydrogens (tertiary/aromatic N) is 2. The molecule has 2 fully saturated rings. The quantitative estimate of drug-likeness (QED) is 0.824. The standard InChI is InChI=1S/C9H11ClN4.ClH/c10-7-1-2-8(14-13-7)12-9-5-3-11-4-6(5)9;/h1-2,5-6,9,11H,3-4H2,(H,12,14);1H/t5-,6+,9-;. The monoisotopic (exact) mass is 246 g/mol. The molecule has 1 aromatic rings. The summed E-state index contributed by atoms with van der Waals surface area (Å²) in [4.78, 5) is 0. The van der Waals surface area contributed by atoms with E-state index in [1.165, 1.54) is 0 Å². The predicted molar refractivity (Wildman–Crippen MR) is 61.6 cm³/mol. The fraction of sp³-hybridized carbons (Fsp3) is 0.556. The third-order valence-electron chi connectivity index (χ3n) is 3.04. The summed E-state index contributed by atoms with van der Waals surface area (Å²) in [6, 6.07) is 4.22. The Hall–Kier alpha value is -0.580. The van der Waals surface area contributed by atoms with Crippen LogP contribution in [0.1, 0.15) is 0 Å². The molecule has 82 valence electrons. The van der Waals surface area contributed by atoms with Crippen LogP contribution in [0.15, 0.2) is 12.1 Å². The van der Waals surface area contributed by atoms with Crippen LogP contribution in [0.25, 0.3) is 0 Å². The molecule has 2 N–H and O–H groups in total. The molecule has 3 rings (SSSR count). The Morgan fingerprint density at radius 2 is 2.00 bits per heavy atom. The van der Waals surface area contributed by atoms with Gasteiger partial charge in [-0.1, -0.05) is 11.6 Å². The number of nitrogens with one attached hydrogen (secondary N) is 2. The van der Waals surface area contributed by atoms with E-state index in [1.807, 2.05) is 6.07 Å². The highest BCUT2D eigenvalue weighted by Gasteiger charge is 2.53. The first kappa shape index (κ1) is 10.9. The van der Waals surface area contributed by atoms with Gasteiger partial charge in [-0.2, -0.15) is 0 Å². The van der Waals surface area contributed by atoms with Gasteiger partial charge in [0.25, 0.3) is 0 Å². The van der Waals surface area contributed by atoms with Crippen molar-refractivity contribution < 1.29 is 0 Å². The summed E-state index contributed by atoms with van der Waals surface area (Å²) in [5, 5.41) is 14.9. The van der Waals surface area contributed by atoms with Gasteiger partial charge in [-0.3, -0.25) is 0 Å². The molecule has 15 heavy (non-hydrogen) atoms. The third-order valence-corrected chi connectivity index (χ3v) is 3.24. The number of halogens is 2. The van der Waals surface area contributed by atoms with Gasteiger partial charge >= 0.3 is 0 Å². The largest absolute Gasteiger partial charge is 0.365 e. The predicted octanol–water partition coefficient (Wildman–Crippen LogP) is 1.18. The maximum absolute atomic E-state index is 5.65. The van der Waals surface area contributed by atoms with Crippen molar-refractivity contribution >= 4 is 29.8 Å². The molecule has 0 aromatic carbocycles. The number of anilines is 1. The third kappa shape index (κ3) is 2.02. The van der Waals surface area contributed by atoms with Gasteiger partial charge in [-0.15, -0.1) is 22.6 Å². The first-order valence-electron chi connectivity index (χ1n) is 4.81. The van der Waals surface area contributed by atoms with Crippen LogP contribution < -0.4 is 10.6 Å². The molecule has 0 radical (unpaired) electrons. The van der Waals surface area contributed by atoms with Crippen molar-refractivity contribution in [3.8, 4) is 0 Å². The summed E-state index contributed by atoms with van der Waals surface area (Å²) in [6.45, 7) is 2.26. The van der Waals surface area contributed by atoms with Crippen molar-refractivity contribution in [2.45, 2.75) is 6.04 Å². The fourth-order valence-electron chi connectivity index (χ4n) is 2.20. The molecule has 0 unspecified atom stereocenters. The molecule has 6 heteroatoms. The van der Waals surface area contributed by atoms with E-state index < -0.39 is 0 Å². The number of rotatable bonds is 2. The van der Waals surface area contributed by atoms with Crippen molar-refractivity contribution in [3.05, 3.63) is 17.3 Å². The minimum Gasteiger partial charge on any atom is -0.365 e. The van der Waals surface area contributed by atoms with Crippen LogP contribution in [-0.4, -0.2) is 29.3 Å². The zero-order chi connectivity index (χ0) is 9.54. The van der Waals surface area contributed by atoms with Crippen LogP contribution in [0, 0.1) is 11.8 Å². The zero-order valence-corrected chi connectivity index (χ0v) is 9.55. The summed E-state index contributed by atoms with van der Waals surface area (Å²) in [5.41, 5.74) is 0. The Morgan fingerprint density at radius 3 is 2.60 bits per heavy atom. The number of piperidine rings is 1. The van der Waals surface area contributed by atoms with Gasteiger partial charge in [0, 0.05) is 19.1 Å². The van der Waals surface area contributed by atoms with Gasteiger partial charge in [0.15, 0.2) is 5.15 Å². The topological polar surface area (TPSA) is 49.8 Å². The van der Waals surface area contributed by atoms with Crippen molar-refractivity contribution in [2.24, 2.45) is 11.8 Å². The lowest BCUT2D eigenvalue weighted by atomic mass is 10.4. The lowest BCUT2D eigenvalue weighted by Crippen LogP contribution is -2.21. The van der Waals surface area contributed by atoms with E-state index in [0.717, 1.165) is 30.7 Å². The van der Waals surface area contributed by atoms with Gasteiger partial charge in [0.1, 0.15) is 5.82 Å². The van der Waals surface area contributed by atoms with Crippen molar-refractivity contribution in [3.63, 3.8) is 0 Å². The maximum Gasteiger partial charge on any atom is 0.151 e. The van der Waals surface area contributed by atoms with Crippen molar-refractivity contribution in [2.75, 3.05) is 18.4 Å². The Kier molecular flexibility index (Phi) is 3.00. The normalized spacial score (nSPS) is 31.7. The van der Waals surface area contributed by atoms with Crippen LogP contribution in [0.2, 0.25) is 5.15 Å². The van der Waals surface area contributed by atoms with E-state index in [0.29, 0.717) is 11.2 Å². The van der Waals surface area contributed by atoms with E-state index >= 15 is 0 Å². The molecule has 3 atom stereocenters. The van der Waals surface area contributed by atoms with Gasteiger partial charge < -0.3 is 10.6 Å². The fourth-order valence-corrected chi connectivity index (χ4v) is 2.30. The Bertz CT molecular complexity index is 332. The Labute approximate surface area is 99.2 Å². The van der Waals surface area contributed by atoms with E-state index in [2.05, 4.69) is 20.8 Å². The van der Waals surface area contributed by atoms with E-state index in [1.54, 1.807) is 6.07 Å². The van der Waals surface area contributed by atoms with Gasteiger partial charge in [-0.25, -0.2) is 0 Å². The van der Waals surface area contributed by atoms with Crippen LogP contribution in [0.5, 0.6) is 0 Å². The van der Waals surface area contributed by atoms with Gasteiger partial charge in [0.05, 0.1) is 0 Å². The molecule has 1 saturated heterocycles. The van der Waals surface area contributed by atoms with Crippen molar-refractivity contribution in [1.82, 2.24) is 15.5 Å².